The summed E-state index contributed by atoms with van der Waals surface area (Å²) in [7, 11) is 0. The maximum absolute atomic E-state index is 4.56. The number of hydrogen-bond acceptors (Lipinski definition) is 3. The zero-order valence-corrected chi connectivity index (χ0v) is 9.75. The average molecular weight is 224 g/mol. The Morgan fingerprint density at radius 3 is 2.53 bits per heavy atom. The van der Waals surface area contributed by atoms with E-state index in [0.29, 0.717) is 0 Å². The number of fused-ring (bicyclic) bond motifs is 1. The van der Waals surface area contributed by atoms with Crippen LogP contribution in [0.3, 0.4) is 0 Å². The minimum Gasteiger partial charge on any atom is -0.248 e. The summed E-state index contributed by atoms with van der Waals surface area (Å²) in [4.78, 5) is 8.98. The van der Waals surface area contributed by atoms with E-state index in [9.17, 15) is 0 Å². The molecule has 84 valence electrons. The van der Waals surface area contributed by atoms with Crippen LogP contribution >= 0.6 is 0 Å². The second-order valence-electron chi connectivity index (χ2n) is 4.02. The molecular weight excluding hydrogens is 212 g/mol. The third-order valence-corrected chi connectivity index (χ3v) is 2.59. The lowest BCUT2D eigenvalue weighted by Crippen LogP contribution is -1.96. The van der Waals surface area contributed by atoms with Crippen LogP contribution in [0.5, 0.6) is 0 Å². The lowest BCUT2D eigenvalue weighted by molar-refractivity contribution is 0.908. The minimum atomic E-state index is 0.759. The van der Waals surface area contributed by atoms with Gasteiger partial charge in [-0.25, -0.2) is 14.5 Å². The SMILES string of the molecule is Cc1cn2nc(C)nc2c(-c2ccccc2)n1. The van der Waals surface area contributed by atoms with E-state index < -0.39 is 0 Å². The van der Waals surface area contributed by atoms with Gasteiger partial charge in [-0.2, -0.15) is 5.10 Å². The molecule has 0 N–H and O–H groups in total. The second kappa shape index (κ2) is 3.66. The van der Waals surface area contributed by atoms with Crippen LogP contribution in [0.1, 0.15) is 11.5 Å². The Morgan fingerprint density at radius 2 is 1.76 bits per heavy atom. The second-order valence-corrected chi connectivity index (χ2v) is 4.02. The lowest BCUT2D eigenvalue weighted by Gasteiger charge is -2.03. The van der Waals surface area contributed by atoms with E-state index in [-0.39, 0.29) is 0 Å². The smallest absolute Gasteiger partial charge is 0.181 e. The van der Waals surface area contributed by atoms with Gasteiger partial charge < -0.3 is 0 Å². The van der Waals surface area contributed by atoms with Crippen molar-refractivity contribution in [3.8, 4) is 11.3 Å². The first kappa shape index (κ1) is 9.96. The topological polar surface area (TPSA) is 43.1 Å². The zero-order chi connectivity index (χ0) is 11.8. The summed E-state index contributed by atoms with van der Waals surface area (Å²) in [5.41, 5.74) is 3.68. The third-order valence-electron chi connectivity index (χ3n) is 2.59. The molecule has 0 bridgehead atoms. The maximum atomic E-state index is 4.56. The van der Waals surface area contributed by atoms with Crippen molar-refractivity contribution in [1.82, 2.24) is 19.6 Å². The molecule has 17 heavy (non-hydrogen) atoms. The van der Waals surface area contributed by atoms with E-state index in [4.69, 9.17) is 0 Å². The summed E-state index contributed by atoms with van der Waals surface area (Å²) in [5, 5.41) is 4.33. The summed E-state index contributed by atoms with van der Waals surface area (Å²) in [6.45, 7) is 3.85. The fourth-order valence-electron chi connectivity index (χ4n) is 1.90. The highest BCUT2D eigenvalue weighted by molar-refractivity contribution is 5.73. The molecule has 0 saturated heterocycles. The van der Waals surface area contributed by atoms with Gasteiger partial charge in [0.2, 0.25) is 0 Å². The predicted octanol–water partition coefficient (Wildman–Crippen LogP) is 2.41. The summed E-state index contributed by atoms with van der Waals surface area (Å²) >= 11 is 0. The van der Waals surface area contributed by atoms with Crippen molar-refractivity contribution in [2.24, 2.45) is 0 Å². The van der Waals surface area contributed by atoms with Gasteiger partial charge in [0.1, 0.15) is 11.5 Å². The molecule has 0 saturated carbocycles. The molecule has 4 heteroatoms. The Morgan fingerprint density at radius 1 is 1.00 bits per heavy atom. The van der Waals surface area contributed by atoms with Gasteiger partial charge in [-0.15, -0.1) is 0 Å². The Kier molecular flexibility index (Phi) is 2.14. The lowest BCUT2D eigenvalue weighted by atomic mass is 10.1. The molecule has 0 aliphatic rings. The van der Waals surface area contributed by atoms with E-state index in [2.05, 4.69) is 15.1 Å². The van der Waals surface area contributed by atoms with Crippen LogP contribution < -0.4 is 0 Å². The highest BCUT2D eigenvalue weighted by atomic mass is 15.3. The van der Waals surface area contributed by atoms with Crippen LogP contribution in [0, 0.1) is 13.8 Å². The molecule has 0 aliphatic heterocycles. The first-order valence-electron chi connectivity index (χ1n) is 5.50. The molecule has 0 spiro atoms. The van der Waals surface area contributed by atoms with E-state index in [1.54, 1.807) is 4.52 Å². The molecule has 0 radical (unpaired) electrons. The van der Waals surface area contributed by atoms with Gasteiger partial charge in [0, 0.05) is 5.56 Å². The highest BCUT2D eigenvalue weighted by Crippen LogP contribution is 2.21. The summed E-state index contributed by atoms with van der Waals surface area (Å²) in [5.74, 6) is 0.759. The van der Waals surface area contributed by atoms with Crippen molar-refractivity contribution < 1.29 is 0 Å². The van der Waals surface area contributed by atoms with Crippen molar-refractivity contribution in [3.05, 3.63) is 48.0 Å². The Labute approximate surface area is 99.0 Å². The molecule has 2 heterocycles. The predicted molar refractivity (Wildman–Crippen MR) is 65.7 cm³/mol. The van der Waals surface area contributed by atoms with Gasteiger partial charge in [-0.3, -0.25) is 0 Å². The third kappa shape index (κ3) is 1.67. The summed E-state index contributed by atoms with van der Waals surface area (Å²) < 4.78 is 1.79. The highest BCUT2D eigenvalue weighted by Gasteiger charge is 2.10. The monoisotopic (exact) mass is 224 g/mol. The summed E-state index contributed by atoms with van der Waals surface area (Å²) in [6, 6.07) is 10.1. The van der Waals surface area contributed by atoms with Crippen molar-refractivity contribution in [2.45, 2.75) is 13.8 Å². The van der Waals surface area contributed by atoms with Gasteiger partial charge in [-0.1, -0.05) is 30.3 Å². The average Bonchev–Trinajstić information content (AvgIpc) is 2.69. The van der Waals surface area contributed by atoms with E-state index in [1.807, 2.05) is 50.4 Å². The van der Waals surface area contributed by atoms with Gasteiger partial charge in [-0.05, 0) is 13.8 Å². The van der Waals surface area contributed by atoms with Crippen LogP contribution in [-0.2, 0) is 0 Å². The van der Waals surface area contributed by atoms with Crippen molar-refractivity contribution in [3.63, 3.8) is 0 Å². The Hall–Kier alpha value is -2.23. The van der Waals surface area contributed by atoms with Crippen molar-refractivity contribution in [2.75, 3.05) is 0 Å². The van der Waals surface area contributed by atoms with Crippen LogP contribution in [0.15, 0.2) is 36.5 Å². The van der Waals surface area contributed by atoms with Gasteiger partial charge in [0.25, 0.3) is 0 Å². The minimum absolute atomic E-state index is 0.759. The molecule has 3 rings (SSSR count). The number of benzene rings is 1. The largest absolute Gasteiger partial charge is 0.248 e. The standard InChI is InChI=1S/C13H12N4/c1-9-8-17-13(15-10(2)16-17)12(14-9)11-6-4-3-5-7-11/h3-8H,1-2H3. The van der Waals surface area contributed by atoms with E-state index in [1.165, 1.54) is 0 Å². The molecule has 0 amide bonds. The van der Waals surface area contributed by atoms with E-state index >= 15 is 0 Å². The number of rotatable bonds is 1. The fraction of sp³-hybridized carbons (Fsp3) is 0.154. The molecular formula is C13H12N4. The zero-order valence-electron chi connectivity index (χ0n) is 9.75. The molecule has 1 aromatic carbocycles. The fourth-order valence-corrected chi connectivity index (χ4v) is 1.90. The molecule has 4 nitrogen and oxygen atoms in total. The van der Waals surface area contributed by atoms with Gasteiger partial charge in [0.05, 0.1) is 11.9 Å². The molecule has 0 atom stereocenters. The van der Waals surface area contributed by atoms with Crippen LogP contribution in [0.25, 0.3) is 16.9 Å². The van der Waals surface area contributed by atoms with E-state index in [0.717, 1.165) is 28.4 Å². The molecule has 2 aromatic heterocycles. The van der Waals surface area contributed by atoms with Crippen LogP contribution in [0.4, 0.5) is 0 Å². The maximum Gasteiger partial charge on any atom is 0.181 e. The number of aryl methyl sites for hydroxylation is 2. The number of aromatic nitrogens is 4. The normalized spacial score (nSPS) is 10.9. The molecule has 0 fully saturated rings. The quantitative estimate of drug-likeness (QED) is 0.637. The van der Waals surface area contributed by atoms with Crippen LogP contribution in [-0.4, -0.2) is 19.6 Å². The number of hydrogen-bond donors (Lipinski definition) is 0. The molecule has 0 aliphatic carbocycles. The first-order chi connectivity index (χ1) is 8.24. The van der Waals surface area contributed by atoms with Crippen LogP contribution in [0.2, 0.25) is 0 Å². The Balaban J connectivity index is 2.35. The Bertz CT molecular complexity index is 670. The number of nitrogens with zero attached hydrogens (tertiary/aromatic N) is 4. The van der Waals surface area contributed by atoms with Gasteiger partial charge in [0.15, 0.2) is 5.65 Å². The molecule has 0 unspecified atom stereocenters. The van der Waals surface area contributed by atoms with Crippen molar-refractivity contribution >= 4 is 5.65 Å². The van der Waals surface area contributed by atoms with Gasteiger partial charge >= 0.3 is 0 Å². The molecule has 3 aromatic rings. The summed E-state index contributed by atoms with van der Waals surface area (Å²) in [6.07, 6.45) is 1.89. The first-order valence-corrected chi connectivity index (χ1v) is 5.50. The van der Waals surface area contributed by atoms with Crippen molar-refractivity contribution in [1.29, 1.82) is 0 Å².